The molecule has 0 saturated carbocycles. The Morgan fingerprint density at radius 1 is 1.11 bits per heavy atom. The number of anilines is 1. The maximum atomic E-state index is 12.8. The van der Waals surface area contributed by atoms with E-state index in [9.17, 15) is 14.9 Å². The number of non-ortho nitro benzene ring substituents is 1. The molecule has 0 spiro atoms. The van der Waals surface area contributed by atoms with E-state index in [0.29, 0.717) is 39.6 Å². The Balaban J connectivity index is 1.28. The molecule has 2 atom stereocenters. The van der Waals surface area contributed by atoms with Crippen LogP contribution in [0.2, 0.25) is 0 Å². The zero-order valence-electron chi connectivity index (χ0n) is 24.5. The van der Waals surface area contributed by atoms with Gasteiger partial charge < -0.3 is 33.3 Å². The van der Waals surface area contributed by atoms with Crippen molar-refractivity contribution in [3.05, 3.63) is 69.8 Å². The number of amides is 1. The van der Waals surface area contributed by atoms with Gasteiger partial charge in [0, 0.05) is 38.3 Å². The number of oxime groups is 1. The highest BCUT2D eigenvalue weighted by atomic mass is 32.1. The van der Waals surface area contributed by atoms with Gasteiger partial charge in [-0.15, -0.1) is 0 Å². The van der Waals surface area contributed by atoms with Gasteiger partial charge in [0.2, 0.25) is 11.5 Å². The van der Waals surface area contributed by atoms with Crippen LogP contribution in [0.5, 0.6) is 17.2 Å². The highest BCUT2D eigenvalue weighted by Crippen LogP contribution is 2.40. The number of thiazole rings is 1. The van der Waals surface area contributed by atoms with Crippen molar-refractivity contribution in [3.63, 3.8) is 0 Å². The number of rotatable bonds is 12. The van der Waals surface area contributed by atoms with E-state index in [1.165, 1.54) is 39.5 Å². The van der Waals surface area contributed by atoms with Crippen LogP contribution in [-0.4, -0.2) is 81.7 Å². The van der Waals surface area contributed by atoms with Crippen LogP contribution in [-0.2, 0) is 23.8 Å². The van der Waals surface area contributed by atoms with E-state index in [0.717, 1.165) is 22.5 Å². The lowest BCUT2D eigenvalue weighted by Crippen LogP contribution is -2.47. The second kappa shape index (κ2) is 13.0. The van der Waals surface area contributed by atoms with Crippen LogP contribution < -0.4 is 19.5 Å². The number of carbonyl (C=O) groups is 1. The van der Waals surface area contributed by atoms with E-state index in [4.69, 9.17) is 33.3 Å². The van der Waals surface area contributed by atoms with Gasteiger partial charge in [-0.05, 0) is 35.9 Å². The Labute approximate surface area is 255 Å². The van der Waals surface area contributed by atoms with Crippen LogP contribution in [0.4, 0.5) is 10.8 Å². The summed E-state index contributed by atoms with van der Waals surface area (Å²) in [5.41, 5.74) is 2.65. The normalized spacial score (nSPS) is 18.8. The summed E-state index contributed by atoms with van der Waals surface area (Å²) in [6, 6.07) is 7.90. The number of hydrogen-bond acceptors (Lipinski definition) is 13. The molecule has 2 aromatic carbocycles. The molecule has 232 valence electrons. The number of nitro benzene ring substituents is 1. The summed E-state index contributed by atoms with van der Waals surface area (Å²) in [5, 5.41) is 18.3. The number of hydrogen-bond donors (Lipinski definition) is 1. The summed E-state index contributed by atoms with van der Waals surface area (Å²) in [5.74, 6) is -0.312. The number of aromatic nitrogens is 1. The molecule has 5 rings (SSSR count). The van der Waals surface area contributed by atoms with Crippen molar-refractivity contribution in [1.82, 2.24) is 4.98 Å². The van der Waals surface area contributed by atoms with Gasteiger partial charge >= 0.3 is 0 Å². The molecule has 2 heterocycles. The monoisotopic (exact) mass is 626 g/mol. The van der Waals surface area contributed by atoms with Crippen molar-refractivity contribution in [3.8, 4) is 17.2 Å². The first-order valence-electron chi connectivity index (χ1n) is 13.2. The third kappa shape index (κ3) is 6.07. The van der Waals surface area contributed by atoms with Gasteiger partial charge in [0.15, 0.2) is 22.7 Å². The molecule has 0 fully saturated rings. The fraction of sp³-hybridized carbons (Fsp3) is 0.345. The maximum absolute atomic E-state index is 12.8. The quantitative estimate of drug-likeness (QED) is 0.174. The number of ether oxygens (including phenoxy) is 6. The Morgan fingerprint density at radius 3 is 2.48 bits per heavy atom. The molecule has 1 amide bonds. The molecule has 1 aromatic heterocycles. The number of nitro groups is 1. The van der Waals surface area contributed by atoms with E-state index >= 15 is 0 Å². The van der Waals surface area contributed by atoms with Gasteiger partial charge in [0.05, 0.1) is 42.2 Å². The number of nitrogens with one attached hydrogen (secondary N) is 1. The van der Waals surface area contributed by atoms with Gasteiger partial charge in [0.25, 0.3) is 11.6 Å². The molecule has 1 N–H and O–H groups in total. The van der Waals surface area contributed by atoms with E-state index in [1.807, 2.05) is 6.08 Å². The highest BCUT2D eigenvalue weighted by molar-refractivity contribution is 7.22. The zero-order valence-corrected chi connectivity index (χ0v) is 25.3. The molecule has 15 heteroatoms. The minimum Gasteiger partial charge on any atom is -0.493 e. The fourth-order valence-corrected chi connectivity index (χ4v) is 5.77. The summed E-state index contributed by atoms with van der Waals surface area (Å²) in [6.45, 7) is -0.356. The van der Waals surface area contributed by atoms with Crippen molar-refractivity contribution in [2.24, 2.45) is 5.16 Å². The lowest BCUT2D eigenvalue weighted by atomic mass is 9.92. The molecule has 44 heavy (non-hydrogen) atoms. The summed E-state index contributed by atoms with van der Waals surface area (Å²) < 4.78 is 34.2. The average Bonchev–Trinajstić information content (AvgIpc) is 3.69. The molecule has 2 aliphatic rings. The number of nitrogens with zero attached hydrogens (tertiary/aromatic N) is 3. The van der Waals surface area contributed by atoms with Crippen molar-refractivity contribution >= 4 is 44.0 Å². The fourth-order valence-electron chi connectivity index (χ4n) is 4.86. The zero-order chi connectivity index (χ0) is 31.4. The van der Waals surface area contributed by atoms with Gasteiger partial charge in [-0.25, -0.2) is 4.98 Å². The molecule has 0 bridgehead atoms. The molecule has 3 aromatic rings. The van der Waals surface area contributed by atoms with E-state index in [2.05, 4.69) is 15.5 Å². The second-order valence-corrected chi connectivity index (χ2v) is 10.6. The van der Waals surface area contributed by atoms with Crippen molar-refractivity contribution in [1.29, 1.82) is 0 Å². The average molecular weight is 627 g/mol. The van der Waals surface area contributed by atoms with Gasteiger partial charge in [-0.1, -0.05) is 22.6 Å². The molecule has 0 saturated heterocycles. The number of carbonyl (C=O) groups excluding carboxylic acids is 1. The smallest absolute Gasteiger partial charge is 0.270 e. The second-order valence-electron chi connectivity index (χ2n) is 9.59. The lowest BCUT2D eigenvalue weighted by Gasteiger charge is -2.36. The number of benzene rings is 2. The van der Waals surface area contributed by atoms with Crippen LogP contribution in [0.1, 0.15) is 12.0 Å². The Morgan fingerprint density at radius 2 is 1.84 bits per heavy atom. The van der Waals surface area contributed by atoms with Gasteiger partial charge in [-0.3, -0.25) is 20.2 Å². The van der Waals surface area contributed by atoms with E-state index < -0.39 is 28.8 Å². The third-order valence-corrected chi connectivity index (χ3v) is 8.08. The molecule has 14 nitrogen and oxygen atoms in total. The first-order chi connectivity index (χ1) is 21.2. The van der Waals surface area contributed by atoms with Gasteiger partial charge in [-0.2, -0.15) is 0 Å². The van der Waals surface area contributed by atoms with Crippen molar-refractivity contribution < 1.29 is 43.0 Å². The lowest BCUT2D eigenvalue weighted by molar-refractivity contribution is -0.384. The topological polar surface area (TPSA) is 162 Å². The van der Waals surface area contributed by atoms with Crippen LogP contribution >= 0.6 is 11.3 Å². The first-order valence-corrected chi connectivity index (χ1v) is 14.1. The molecule has 1 aliphatic carbocycles. The molecule has 1 aliphatic heterocycles. The van der Waals surface area contributed by atoms with Crippen LogP contribution in [0.3, 0.4) is 0 Å². The molecule has 2 unspecified atom stereocenters. The third-order valence-electron chi connectivity index (χ3n) is 7.15. The molecular weight excluding hydrogens is 596 g/mol. The molecule has 0 radical (unpaired) electrons. The SMILES string of the molecule is COc1cc(C2=NOC(C3=CC(OCC(=O)Nc4nc5ccc([N+](=O)[O-])cc5s4)C(OC)(OC)C=C3)C2)cc(OC)c1OC. The van der Waals surface area contributed by atoms with Crippen LogP contribution in [0.25, 0.3) is 10.2 Å². The minimum atomic E-state index is -1.29. The maximum Gasteiger partial charge on any atom is 0.270 e. The Hall–Kier alpha value is -4.57. The van der Waals surface area contributed by atoms with Crippen molar-refractivity contribution in [2.45, 2.75) is 24.4 Å². The van der Waals surface area contributed by atoms with E-state index in [1.54, 1.807) is 38.5 Å². The van der Waals surface area contributed by atoms with E-state index in [-0.39, 0.29) is 17.4 Å². The number of methoxy groups -OCH3 is 5. The van der Waals surface area contributed by atoms with Crippen molar-refractivity contribution in [2.75, 3.05) is 47.5 Å². The Kier molecular flexibility index (Phi) is 9.10. The van der Waals surface area contributed by atoms with Gasteiger partial charge in [0.1, 0.15) is 12.7 Å². The summed E-state index contributed by atoms with van der Waals surface area (Å²) >= 11 is 1.12. The predicted octanol–water partition coefficient (Wildman–Crippen LogP) is 4.23. The summed E-state index contributed by atoms with van der Waals surface area (Å²) in [6.07, 6.45) is 4.45. The Bertz CT molecular complexity index is 1640. The largest absolute Gasteiger partial charge is 0.493 e. The minimum absolute atomic E-state index is 0.0574. The highest BCUT2D eigenvalue weighted by Gasteiger charge is 2.41. The molecular formula is C29H30N4O10S. The number of fused-ring (bicyclic) bond motifs is 1. The summed E-state index contributed by atoms with van der Waals surface area (Å²) in [4.78, 5) is 33.5. The first kappa shape index (κ1) is 30.9. The summed E-state index contributed by atoms with van der Waals surface area (Å²) in [7, 11) is 7.56. The predicted molar refractivity (Wildman–Crippen MR) is 161 cm³/mol. The standard InChI is InChI=1S/C29H30N4O10S/c1-37-22-10-17(11-23(38-2)27(22)39-3)20-14-21(43-32-20)16-8-9-29(40-4,41-5)25(12-16)42-15-26(34)31-28-30-19-7-6-18(33(35)36)13-24(19)44-28/h6-13,21,25H,14-15H2,1-5H3,(H,30,31,34). The van der Waals surface area contributed by atoms with Crippen LogP contribution in [0, 0.1) is 10.1 Å². The van der Waals surface area contributed by atoms with Crippen LogP contribution in [0.15, 0.2) is 59.3 Å².